The zero-order valence-corrected chi connectivity index (χ0v) is 21.9. The molecule has 5 rings (SSSR count). The number of halogens is 3. The standard InChI is InChI=1S/C28H29F3N6O2/c1-18-4-7-21(39-27-25-23(32-17-33-27)8-9-36(25)3)15-24(18)34-26(38)19-5-6-20(22(14-19)28(29,30)31)16-37-12-10-35(2)11-13-37/h4-9,14-15,17H,10-13,16H2,1-3H3,(H,34,38). The molecule has 0 spiro atoms. The largest absolute Gasteiger partial charge is 0.437 e. The van der Waals surface area contributed by atoms with Crippen molar-refractivity contribution < 1.29 is 22.7 Å². The number of benzene rings is 2. The first-order valence-electron chi connectivity index (χ1n) is 12.6. The predicted octanol–water partition coefficient (Wildman–Crippen LogP) is 5.09. The summed E-state index contributed by atoms with van der Waals surface area (Å²) < 4.78 is 49.8. The average molecular weight is 539 g/mol. The average Bonchev–Trinajstić information content (AvgIpc) is 3.28. The highest BCUT2D eigenvalue weighted by Crippen LogP contribution is 2.34. The van der Waals surface area contributed by atoms with Crippen molar-refractivity contribution in [3.8, 4) is 11.6 Å². The summed E-state index contributed by atoms with van der Waals surface area (Å²) in [6.45, 7) is 4.96. The molecule has 1 fully saturated rings. The van der Waals surface area contributed by atoms with Crippen LogP contribution in [-0.2, 0) is 19.8 Å². The van der Waals surface area contributed by atoms with Gasteiger partial charge in [0, 0.05) is 63.3 Å². The molecule has 4 aromatic rings. The maximum Gasteiger partial charge on any atom is 0.416 e. The van der Waals surface area contributed by atoms with Gasteiger partial charge in [0.2, 0.25) is 5.88 Å². The zero-order chi connectivity index (χ0) is 27.7. The molecule has 0 bridgehead atoms. The molecule has 1 saturated heterocycles. The summed E-state index contributed by atoms with van der Waals surface area (Å²) in [5, 5.41) is 2.74. The number of carbonyl (C=O) groups is 1. The SMILES string of the molecule is Cc1ccc(Oc2ncnc3ccn(C)c23)cc1NC(=O)c1ccc(CN2CCN(C)CC2)c(C(F)(F)F)c1. The number of nitrogens with one attached hydrogen (secondary N) is 1. The van der Waals surface area contributed by atoms with Crippen LogP contribution >= 0.6 is 0 Å². The third kappa shape index (κ3) is 5.89. The van der Waals surface area contributed by atoms with Gasteiger partial charge in [0.05, 0.1) is 11.1 Å². The van der Waals surface area contributed by atoms with Crippen LogP contribution in [0.4, 0.5) is 18.9 Å². The first kappa shape index (κ1) is 26.6. The Morgan fingerprint density at radius 1 is 1.03 bits per heavy atom. The number of amides is 1. The maximum atomic E-state index is 14.0. The van der Waals surface area contributed by atoms with Gasteiger partial charge in [0.1, 0.15) is 17.6 Å². The number of hydrogen-bond donors (Lipinski definition) is 1. The van der Waals surface area contributed by atoms with Crippen molar-refractivity contribution in [2.75, 3.05) is 38.5 Å². The van der Waals surface area contributed by atoms with E-state index in [1.807, 2.05) is 35.8 Å². The minimum atomic E-state index is -4.58. The number of fused-ring (bicyclic) bond motifs is 1. The molecular weight excluding hydrogens is 509 g/mol. The van der Waals surface area contributed by atoms with E-state index >= 15 is 0 Å². The van der Waals surface area contributed by atoms with Gasteiger partial charge in [-0.05, 0) is 49.4 Å². The molecule has 39 heavy (non-hydrogen) atoms. The molecular formula is C28H29F3N6O2. The fourth-order valence-electron chi connectivity index (χ4n) is 4.63. The number of alkyl halides is 3. The Morgan fingerprint density at radius 3 is 2.54 bits per heavy atom. The molecule has 204 valence electrons. The molecule has 1 aliphatic heterocycles. The number of piperazine rings is 1. The molecule has 0 atom stereocenters. The normalized spacial score (nSPS) is 15.0. The van der Waals surface area contributed by atoms with Crippen LogP contribution in [0.2, 0.25) is 0 Å². The molecule has 3 heterocycles. The molecule has 0 saturated carbocycles. The van der Waals surface area contributed by atoms with Crippen LogP contribution in [0.3, 0.4) is 0 Å². The van der Waals surface area contributed by atoms with E-state index in [4.69, 9.17) is 4.74 Å². The van der Waals surface area contributed by atoms with E-state index in [-0.39, 0.29) is 17.7 Å². The molecule has 1 aliphatic rings. The van der Waals surface area contributed by atoms with Gasteiger partial charge in [-0.2, -0.15) is 18.2 Å². The highest BCUT2D eigenvalue weighted by molar-refractivity contribution is 6.05. The second-order valence-electron chi connectivity index (χ2n) is 9.82. The number of anilines is 1. The Bertz CT molecular complexity index is 1510. The number of carbonyl (C=O) groups excluding carboxylic acids is 1. The molecule has 0 radical (unpaired) electrons. The first-order valence-corrected chi connectivity index (χ1v) is 12.6. The van der Waals surface area contributed by atoms with Crippen LogP contribution in [0.25, 0.3) is 11.0 Å². The second-order valence-corrected chi connectivity index (χ2v) is 9.82. The second kappa shape index (κ2) is 10.7. The topological polar surface area (TPSA) is 75.5 Å². The number of aromatic nitrogens is 3. The van der Waals surface area contributed by atoms with Crippen LogP contribution in [-0.4, -0.2) is 63.5 Å². The number of hydrogen-bond acceptors (Lipinski definition) is 6. The van der Waals surface area contributed by atoms with Crippen molar-refractivity contribution in [2.24, 2.45) is 7.05 Å². The van der Waals surface area contributed by atoms with Crippen molar-refractivity contribution >= 4 is 22.6 Å². The Labute approximate surface area is 224 Å². The van der Waals surface area contributed by atoms with Crippen molar-refractivity contribution in [3.05, 3.63) is 77.2 Å². The van der Waals surface area contributed by atoms with Gasteiger partial charge in [0.25, 0.3) is 5.91 Å². The van der Waals surface area contributed by atoms with Gasteiger partial charge in [-0.1, -0.05) is 12.1 Å². The summed E-state index contributed by atoms with van der Waals surface area (Å²) in [7, 11) is 3.85. The summed E-state index contributed by atoms with van der Waals surface area (Å²) in [4.78, 5) is 25.7. The number of likely N-dealkylation sites (N-methyl/N-ethyl adjacent to an activating group) is 1. The number of ether oxygens (including phenoxy) is 1. The van der Waals surface area contributed by atoms with E-state index in [2.05, 4.69) is 20.2 Å². The van der Waals surface area contributed by atoms with Crippen molar-refractivity contribution in [2.45, 2.75) is 19.6 Å². The lowest BCUT2D eigenvalue weighted by atomic mass is 10.0. The molecule has 1 N–H and O–H groups in total. The Morgan fingerprint density at radius 2 is 1.79 bits per heavy atom. The number of nitrogens with zero attached hydrogens (tertiary/aromatic N) is 5. The van der Waals surface area contributed by atoms with E-state index < -0.39 is 17.6 Å². The smallest absolute Gasteiger partial charge is 0.416 e. The van der Waals surface area contributed by atoms with Gasteiger partial charge < -0.3 is 19.5 Å². The van der Waals surface area contributed by atoms with E-state index in [0.717, 1.165) is 30.2 Å². The zero-order valence-electron chi connectivity index (χ0n) is 21.9. The first-order chi connectivity index (χ1) is 18.6. The van der Waals surface area contributed by atoms with Crippen molar-refractivity contribution in [1.82, 2.24) is 24.3 Å². The molecule has 2 aromatic heterocycles. The van der Waals surface area contributed by atoms with Gasteiger partial charge in [-0.15, -0.1) is 0 Å². The van der Waals surface area contributed by atoms with Crippen LogP contribution in [0.15, 0.2) is 55.0 Å². The molecule has 11 heteroatoms. The van der Waals surface area contributed by atoms with Gasteiger partial charge in [-0.3, -0.25) is 9.69 Å². The third-order valence-electron chi connectivity index (χ3n) is 6.96. The summed E-state index contributed by atoms with van der Waals surface area (Å²) in [6, 6.07) is 10.7. The third-order valence-corrected chi connectivity index (χ3v) is 6.96. The monoisotopic (exact) mass is 538 g/mol. The van der Waals surface area contributed by atoms with Gasteiger partial charge in [0.15, 0.2) is 0 Å². The van der Waals surface area contributed by atoms with Crippen LogP contribution in [0, 0.1) is 6.92 Å². The fraction of sp³-hybridized carbons (Fsp3) is 0.321. The molecule has 1 amide bonds. The highest BCUT2D eigenvalue weighted by Gasteiger charge is 2.34. The fourth-order valence-corrected chi connectivity index (χ4v) is 4.63. The lowest BCUT2D eigenvalue weighted by Gasteiger charge is -2.33. The molecule has 2 aromatic carbocycles. The summed E-state index contributed by atoms with van der Waals surface area (Å²) >= 11 is 0. The summed E-state index contributed by atoms with van der Waals surface area (Å²) in [6.07, 6.45) is -1.33. The molecule has 0 aliphatic carbocycles. The number of aryl methyl sites for hydroxylation is 2. The highest BCUT2D eigenvalue weighted by atomic mass is 19.4. The molecule has 8 nitrogen and oxygen atoms in total. The quantitative estimate of drug-likeness (QED) is 0.369. The van der Waals surface area contributed by atoms with Gasteiger partial charge >= 0.3 is 6.18 Å². The lowest BCUT2D eigenvalue weighted by Crippen LogP contribution is -2.44. The predicted molar refractivity (Wildman–Crippen MR) is 142 cm³/mol. The van der Waals surface area contributed by atoms with Crippen LogP contribution < -0.4 is 10.1 Å². The van der Waals surface area contributed by atoms with Crippen molar-refractivity contribution in [1.29, 1.82) is 0 Å². The number of rotatable bonds is 6. The van der Waals surface area contributed by atoms with E-state index in [1.165, 1.54) is 18.5 Å². The van der Waals surface area contributed by atoms with Crippen LogP contribution in [0.5, 0.6) is 11.6 Å². The minimum Gasteiger partial charge on any atom is -0.437 e. The van der Waals surface area contributed by atoms with Crippen LogP contribution in [0.1, 0.15) is 27.0 Å². The van der Waals surface area contributed by atoms with Crippen molar-refractivity contribution in [3.63, 3.8) is 0 Å². The van der Waals surface area contributed by atoms with E-state index in [9.17, 15) is 18.0 Å². The summed E-state index contributed by atoms with van der Waals surface area (Å²) in [5.74, 6) is 0.119. The minimum absolute atomic E-state index is 0.0727. The van der Waals surface area contributed by atoms with Gasteiger partial charge in [-0.25, -0.2) is 4.98 Å². The Hall–Kier alpha value is -3.96. The lowest BCUT2D eigenvalue weighted by molar-refractivity contribution is -0.138. The molecule has 0 unspecified atom stereocenters. The Balaban J connectivity index is 1.36. The van der Waals surface area contributed by atoms with E-state index in [0.29, 0.717) is 35.9 Å². The maximum absolute atomic E-state index is 14.0. The van der Waals surface area contributed by atoms with E-state index in [1.54, 1.807) is 25.1 Å². The Kier molecular flexibility index (Phi) is 7.28. The summed E-state index contributed by atoms with van der Waals surface area (Å²) in [5.41, 5.74) is 1.87.